The van der Waals surface area contributed by atoms with E-state index in [2.05, 4.69) is 38.6 Å². The zero-order valence-corrected chi connectivity index (χ0v) is 12.3. The Labute approximate surface area is 113 Å². The van der Waals surface area contributed by atoms with Gasteiger partial charge in [-0.2, -0.15) is 0 Å². The fourth-order valence-electron chi connectivity index (χ4n) is 2.33. The average Bonchev–Trinajstić information content (AvgIpc) is 2.86. The number of aromatic nitrogens is 2. The Morgan fingerprint density at radius 3 is 2.67 bits per heavy atom. The van der Waals surface area contributed by atoms with Crippen molar-refractivity contribution in [3.05, 3.63) is 5.69 Å². The summed E-state index contributed by atoms with van der Waals surface area (Å²) in [7, 11) is 1.93. The highest BCUT2D eigenvalue weighted by Crippen LogP contribution is 2.19. The minimum absolute atomic E-state index is 0.709. The molecule has 0 aliphatic carbocycles. The van der Waals surface area contributed by atoms with Crippen molar-refractivity contribution in [2.75, 3.05) is 38.5 Å². The molecule has 1 aromatic heterocycles. The Morgan fingerprint density at radius 1 is 1.33 bits per heavy atom. The number of nitrogens with one attached hydrogen (secondary N) is 1. The lowest BCUT2D eigenvalue weighted by atomic mass is 10.2. The molecule has 1 unspecified atom stereocenters. The lowest BCUT2D eigenvalue weighted by molar-refractivity contribution is 0.0957. The number of hydrogen-bond donors (Lipinski definition) is 1. The highest BCUT2D eigenvalue weighted by atomic mass is 32.1. The normalized spacial score (nSPS) is 19.9. The summed E-state index contributed by atoms with van der Waals surface area (Å²) in [6.45, 7) is 10.1. The molecule has 1 aliphatic heterocycles. The number of rotatable bonds is 5. The van der Waals surface area contributed by atoms with Gasteiger partial charge in [0.05, 0.1) is 0 Å². The largest absolute Gasteiger partial charge is 0.377 e. The van der Waals surface area contributed by atoms with E-state index in [9.17, 15) is 0 Å². The van der Waals surface area contributed by atoms with Crippen LogP contribution in [0, 0.1) is 0 Å². The topological polar surface area (TPSA) is 44.3 Å². The van der Waals surface area contributed by atoms with E-state index >= 15 is 0 Å². The molecule has 1 aromatic rings. The first-order valence-corrected chi connectivity index (χ1v) is 7.47. The van der Waals surface area contributed by atoms with Crippen molar-refractivity contribution in [1.29, 1.82) is 0 Å². The Hall–Kier alpha value is -0.720. The van der Waals surface area contributed by atoms with Crippen molar-refractivity contribution in [3.63, 3.8) is 0 Å². The summed E-state index contributed by atoms with van der Waals surface area (Å²) in [5.41, 5.74) is 1.08. The molecule has 1 aliphatic rings. The third-order valence-corrected chi connectivity index (χ3v) is 4.56. The molecule has 0 aromatic carbocycles. The van der Waals surface area contributed by atoms with E-state index in [0.29, 0.717) is 6.04 Å². The van der Waals surface area contributed by atoms with E-state index in [1.165, 1.54) is 31.0 Å². The van der Waals surface area contributed by atoms with E-state index in [1.54, 1.807) is 0 Å². The van der Waals surface area contributed by atoms with Gasteiger partial charge in [0.2, 0.25) is 0 Å². The zero-order chi connectivity index (χ0) is 13.0. The second-order valence-electron chi connectivity index (χ2n) is 4.87. The predicted octanol–water partition coefficient (Wildman–Crippen LogP) is 1.50. The van der Waals surface area contributed by atoms with Crippen LogP contribution >= 0.6 is 11.5 Å². The molecule has 2 rings (SSSR count). The quantitative estimate of drug-likeness (QED) is 0.877. The van der Waals surface area contributed by atoms with E-state index in [0.717, 1.165) is 30.3 Å². The summed E-state index contributed by atoms with van der Waals surface area (Å²) in [5, 5.41) is 8.46. The van der Waals surface area contributed by atoms with Gasteiger partial charge in [0, 0.05) is 57.3 Å². The average molecular weight is 269 g/mol. The molecule has 6 heteroatoms. The maximum atomic E-state index is 4.20. The molecule has 0 bridgehead atoms. The molecular formula is C12H23N5S. The van der Waals surface area contributed by atoms with Crippen molar-refractivity contribution in [1.82, 2.24) is 19.4 Å². The molecule has 1 saturated heterocycles. The number of piperazine rings is 1. The molecule has 1 fully saturated rings. The summed E-state index contributed by atoms with van der Waals surface area (Å²) in [6, 6.07) is 0.709. The van der Waals surface area contributed by atoms with Gasteiger partial charge in [-0.3, -0.25) is 9.80 Å². The molecule has 102 valence electrons. The van der Waals surface area contributed by atoms with Crippen LogP contribution in [0.2, 0.25) is 0 Å². The number of nitrogens with zero attached hydrogens (tertiary/aromatic N) is 4. The van der Waals surface area contributed by atoms with Crippen molar-refractivity contribution in [2.45, 2.75) is 32.9 Å². The smallest absolute Gasteiger partial charge is 0.134 e. The third kappa shape index (κ3) is 3.18. The van der Waals surface area contributed by atoms with E-state index in [1.807, 2.05) is 7.05 Å². The van der Waals surface area contributed by atoms with E-state index < -0.39 is 0 Å². The molecule has 0 spiro atoms. The SMILES string of the molecule is CCC(C)N1CCN(Cc2nnsc2NC)CC1. The molecule has 2 heterocycles. The highest BCUT2D eigenvalue weighted by molar-refractivity contribution is 7.10. The van der Waals surface area contributed by atoms with Crippen LogP contribution in [0.4, 0.5) is 5.00 Å². The van der Waals surface area contributed by atoms with Gasteiger partial charge < -0.3 is 5.32 Å². The Morgan fingerprint density at radius 2 is 2.06 bits per heavy atom. The first kappa shape index (κ1) is 13.7. The van der Waals surface area contributed by atoms with E-state index in [-0.39, 0.29) is 0 Å². The Bertz CT molecular complexity index is 359. The monoisotopic (exact) mass is 269 g/mol. The molecular weight excluding hydrogens is 246 g/mol. The Balaban J connectivity index is 1.83. The van der Waals surface area contributed by atoms with Crippen LogP contribution in [0.3, 0.4) is 0 Å². The van der Waals surface area contributed by atoms with Crippen molar-refractivity contribution < 1.29 is 0 Å². The maximum absolute atomic E-state index is 4.20. The van der Waals surface area contributed by atoms with Crippen LogP contribution in [0.5, 0.6) is 0 Å². The van der Waals surface area contributed by atoms with Gasteiger partial charge in [-0.1, -0.05) is 11.4 Å². The second-order valence-corrected chi connectivity index (χ2v) is 5.62. The van der Waals surface area contributed by atoms with Gasteiger partial charge in [-0.25, -0.2) is 0 Å². The van der Waals surface area contributed by atoms with Gasteiger partial charge in [-0.05, 0) is 13.3 Å². The van der Waals surface area contributed by atoms with Gasteiger partial charge in [0.25, 0.3) is 0 Å². The molecule has 0 amide bonds. The lowest BCUT2D eigenvalue weighted by Crippen LogP contribution is -2.49. The van der Waals surface area contributed by atoms with Gasteiger partial charge in [0.15, 0.2) is 0 Å². The van der Waals surface area contributed by atoms with Crippen LogP contribution in [-0.2, 0) is 6.54 Å². The number of anilines is 1. The number of hydrogen-bond acceptors (Lipinski definition) is 6. The van der Waals surface area contributed by atoms with Crippen LogP contribution in [-0.4, -0.2) is 58.7 Å². The maximum Gasteiger partial charge on any atom is 0.134 e. The fraction of sp³-hybridized carbons (Fsp3) is 0.833. The summed E-state index contributed by atoms with van der Waals surface area (Å²) in [5.74, 6) is 0. The van der Waals surface area contributed by atoms with Gasteiger partial charge in [-0.15, -0.1) is 5.10 Å². The summed E-state index contributed by atoms with van der Waals surface area (Å²) >= 11 is 1.44. The summed E-state index contributed by atoms with van der Waals surface area (Å²) < 4.78 is 4.01. The zero-order valence-electron chi connectivity index (χ0n) is 11.5. The first-order chi connectivity index (χ1) is 8.74. The van der Waals surface area contributed by atoms with Crippen LogP contribution < -0.4 is 5.32 Å². The van der Waals surface area contributed by atoms with Crippen molar-refractivity contribution >= 4 is 16.5 Å². The van der Waals surface area contributed by atoms with E-state index in [4.69, 9.17) is 0 Å². The van der Waals surface area contributed by atoms with Crippen molar-refractivity contribution in [2.24, 2.45) is 0 Å². The molecule has 1 atom stereocenters. The molecule has 18 heavy (non-hydrogen) atoms. The summed E-state index contributed by atoms with van der Waals surface area (Å²) in [6.07, 6.45) is 1.24. The van der Waals surface area contributed by atoms with Gasteiger partial charge >= 0.3 is 0 Å². The standard InChI is InChI=1S/C12H23N5S/c1-4-10(2)17-7-5-16(6-8-17)9-11-12(13-3)18-15-14-11/h10,13H,4-9H2,1-3H3. The highest BCUT2D eigenvalue weighted by Gasteiger charge is 2.21. The third-order valence-electron chi connectivity index (χ3n) is 3.78. The minimum Gasteiger partial charge on any atom is -0.377 e. The lowest BCUT2D eigenvalue weighted by Gasteiger charge is -2.37. The molecule has 0 radical (unpaired) electrons. The van der Waals surface area contributed by atoms with Crippen molar-refractivity contribution in [3.8, 4) is 0 Å². The van der Waals surface area contributed by atoms with Crippen LogP contribution in [0.15, 0.2) is 0 Å². The predicted molar refractivity (Wildman–Crippen MR) is 76.1 cm³/mol. The van der Waals surface area contributed by atoms with Crippen LogP contribution in [0.1, 0.15) is 26.0 Å². The van der Waals surface area contributed by atoms with Crippen LogP contribution in [0.25, 0.3) is 0 Å². The molecule has 1 N–H and O–H groups in total. The first-order valence-electron chi connectivity index (χ1n) is 6.70. The second kappa shape index (κ2) is 6.45. The minimum atomic E-state index is 0.709. The molecule has 0 saturated carbocycles. The van der Waals surface area contributed by atoms with Gasteiger partial charge in [0.1, 0.15) is 10.7 Å². The fourth-order valence-corrected chi connectivity index (χ4v) is 2.86. The summed E-state index contributed by atoms with van der Waals surface area (Å²) in [4.78, 5) is 5.05. The Kier molecular flexibility index (Phi) is 4.91. The molecule has 5 nitrogen and oxygen atoms in total.